The maximum Gasteiger partial charge on any atom is 0.128 e. The summed E-state index contributed by atoms with van der Waals surface area (Å²) in [5.74, 6) is 0.983. The number of pyridine rings is 1. The van der Waals surface area contributed by atoms with E-state index in [1.54, 1.807) is 14.2 Å². The van der Waals surface area contributed by atoms with E-state index in [1.807, 2.05) is 6.20 Å². The first-order chi connectivity index (χ1) is 10.2. The van der Waals surface area contributed by atoms with Crippen molar-refractivity contribution >= 4 is 5.82 Å². The van der Waals surface area contributed by atoms with Crippen LogP contribution in [0.4, 0.5) is 5.82 Å². The molecule has 0 aliphatic rings. The highest BCUT2D eigenvalue weighted by atomic mass is 16.5. The second-order valence-corrected chi connectivity index (χ2v) is 5.22. The molecule has 0 radical (unpaired) electrons. The van der Waals surface area contributed by atoms with E-state index in [4.69, 9.17) is 15.2 Å². The fourth-order valence-electron chi connectivity index (χ4n) is 2.11. The highest BCUT2D eigenvalue weighted by molar-refractivity contribution is 5.39. The van der Waals surface area contributed by atoms with Gasteiger partial charge in [0, 0.05) is 46.2 Å². The zero-order chi connectivity index (χ0) is 15.5. The van der Waals surface area contributed by atoms with E-state index >= 15 is 0 Å². The molecule has 1 unspecified atom stereocenters. The van der Waals surface area contributed by atoms with Gasteiger partial charge >= 0.3 is 0 Å². The third-order valence-electron chi connectivity index (χ3n) is 3.50. The summed E-state index contributed by atoms with van der Waals surface area (Å²) in [5.41, 5.74) is 7.17. The fourth-order valence-corrected chi connectivity index (χ4v) is 2.11. The zero-order valence-electron chi connectivity index (χ0n) is 13.5. The van der Waals surface area contributed by atoms with Gasteiger partial charge in [-0.3, -0.25) is 0 Å². The van der Waals surface area contributed by atoms with E-state index in [-0.39, 0.29) is 6.04 Å². The van der Waals surface area contributed by atoms with Crippen molar-refractivity contribution in [1.82, 2.24) is 4.98 Å². The number of methoxy groups -OCH3 is 2. The molecule has 5 nitrogen and oxygen atoms in total. The van der Waals surface area contributed by atoms with E-state index in [2.05, 4.69) is 28.9 Å². The lowest BCUT2D eigenvalue weighted by atomic mass is 10.1. The molecule has 0 bridgehead atoms. The van der Waals surface area contributed by atoms with Crippen LogP contribution >= 0.6 is 0 Å². The van der Waals surface area contributed by atoms with Crippen LogP contribution in [0.25, 0.3) is 0 Å². The number of hydrogen-bond donors (Lipinski definition) is 1. The first kappa shape index (κ1) is 17.9. The summed E-state index contributed by atoms with van der Waals surface area (Å²) in [7, 11) is 3.44. The van der Waals surface area contributed by atoms with Crippen LogP contribution in [0.1, 0.15) is 25.3 Å². The van der Waals surface area contributed by atoms with Gasteiger partial charge in [0.15, 0.2) is 0 Å². The van der Waals surface area contributed by atoms with Gasteiger partial charge in [0.1, 0.15) is 5.82 Å². The lowest BCUT2D eigenvalue weighted by Crippen LogP contribution is -2.30. The van der Waals surface area contributed by atoms with E-state index in [9.17, 15) is 0 Å². The SMILES string of the molecule is CCC(N)Cc1ccc(N(CCCOC)CCOC)nc1. The average molecular weight is 295 g/mol. The molecular weight excluding hydrogens is 266 g/mol. The summed E-state index contributed by atoms with van der Waals surface area (Å²) >= 11 is 0. The number of nitrogens with two attached hydrogens (primary N) is 1. The van der Waals surface area contributed by atoms with Gasteiger partial charge in [-0.25, -0.2) is 4.98 Å². The minimum Gasteiger partial charge on any atom is -0.385 e. The second-order valence-electron chi connectivity index (χ2n) is 5.22. The Kier molecular flexibility index (Phi) is 8.98. The molecule has 1 heterocycles. The number of hydrogen-bond acceptors (Lipinski definition) is 5. The normalized spacial score (nSPS) is 12.4. The van der Waals surface area contributed by atoms with Crippen LogP contribution in [-0.2, 0) is 15.9 Å². The van der Waals surface area contributed by atoms with E-state index < -0.39 is 0 Å². The highest BCUT2D eigenvalue weighted by Gasteiger charge is 2.08. The molecule has 2 N–H and O–H groups in total. The Morgan fingerprint density at radius 2 is 1.95 bits per heavy atom. The lowest BCUT2D eigenvalue weighted by Gasteiger charge is -2.23. The highest BCUT2D eigenvalue weighted by Crippen LogP contribution is 2.13. The maximum atomic E-state index is 5.98. The molecule has 0 amide bonds. The van der Waals surface area contributed by atoms with Crippen molar-refractivity contribution in [3.05, 3.63) is 23.9 Å². The van der Waals surface area contributed by atoms with Crippen molar-refractivity contribution in [2.75, 3.05) is 45.4 Å². The minimum absolute atomic E-state index is 0.212. The van der Waals surface area contributed by atoms with Crippen molar-refractivity contribution in [3.8, 4) is 0 Å². The first-order valence-electron chi connectivity index (χ1n) is 7.64. The summed E-state index contributed by atoms with van der Waals surface area (Å²) in [6, 6.07) is 4.40. The first-order valence-corrected chi connectivity index (χ1v) is 7.64. The van der Waals surface area contributed by atoms with Crippen LogP contribution in [0.15, 0.2) is 18.3 Å². The Morgan fingerprint density at radius 1 is 1.19 bits per heavy atom. The van der Waals surface area contributed by atoms with E-state index in [0.29, 0.717) is 6.61 Å². The van der Waals surface area contributed by atoms with Crippen LogP contribution in [0.2, 0.25) is 0 Å². The van der Waals surface area contributed by atoms with Gasteiger partial charge in [-0.2, -0.15) is 0 Å². The Balaban J connectivity index is 2.63. The van der Waals surface area contributed by atoms with Gasteiger partial charge in [-0.05, 0) is 30.9 Å². The van der Waals surface area contributed by atoms with Gasteiger partial charge < -0.3 is 20.1 Å². The molecule has 1 atom stereocenters. The topological polar surface area (TPSA) is 60.6 Å². The molecule has 21 heavy (non-hydrogen) atoms. The fraction of sp³-hybridized carbons (Fsp3) is 0.688. The van der Waals surface area contributed by atoms with E-state index in [0.717, 1.165) is 44.8 Å². The third kappa shape index (κ3) is 6.89. The van der Waals surface area contributed by atoms with Gasteiger partial charge in [0.05, 0.1) is 6.61 Å². The van der Waals surface area contributed by atoms with Gasteiger partial charge in [-0.15, -0.1) is 0 Å². The number of aromatic nitrogens is 1. The molecule has 0 aliphatic carbocycles. The van der Waals surface area contributed by atoms with Crippen LogP contribution in [0.3, 0.4) is 0 Å². The van der Waals surface area contributed by atoms with Crippen LogP contribution in [0.5, 0.6) is 0 Å². The van der Waals surface area contributed by atoms with Crippen LogP contribution in [-0.4, -0.2) is 51.5 Å². The Hall–Kier alpha value is -1.17. The molecular formula is C16H29N3O2. The van der Waals surface area contributed by atoms with Crippen molar-refractivity contribution in [2.24, 2.45) is 5.73 Å². The monoisotopic (exact) mass is 295 g/mol. The third-order valence-corrected chi connectivity index (χ3v) is 3.50. The Morgan fingerprint density at radius 3 is 2.52 bits per heavy atom. The number of rotatable bonds is 11. The lowest BCUT2D eigenvalue weighted by molar-refractivity contribution is 0.191. The molecule has 120 valence electrons. The van der Waals surface area contributed by atoms with Gasteiger partial charge in [0.25, 0.3) is 0 Å². The molecule has 5 heteroatoms. The van der Waals surface area contributed by atoms with Crippen molar-refractivity contribution in [3.63, 3.8) is 0 Å². The predicted molar refractivity (Wildman–Crippen MR) is 86.8 cm³/mol. The standard InChI is InChI=1S/C16H29N3O2/c1-4-15(17)12-14-6-7-16(18-13-14)19(9-11-21-3)8-5-10-20-2/h6-7,13,15H,4-5,8-12,17H2,1-3H3. The van der Waals surface area contributed by atoms with Crippen LogP contribution < -0.4 is 10.6 Å². The number of ether oxygens (including phenoxy) is 2. The average Bonchev–Trinajstić information content (AvgIpc) is 2.51. The minimum atomic E-state index is 0.212. The number of nitrogens with zero attached hydrogens (tertiary/aromatic N) is 2. The molecule has 0 spiro atoms. The summed E-state index contributed by atoms with van der Waals surface area (Å²) in [4.78, 5) is 6.80. The Labute approximate surface area is 128 Å². The van der Waals surface area contributed by atoms with Crippen molar-refractivity contribution < 1.29 is 9.47 Å². The number of anilines is 1. The van der Waals surface area contributed by atoms with Crippen molar-refractivity contribution in [1.29, 1.82) is 0 Å². The summed E-state index contributed by atoms with van der Waals surface area (Å²) in [5, 5.41) is 0. The predicted octanol–water partition coefficient (Wildman–Crippen LogP) is 1.85. The molecule has 0 aromatic carbocycles. The maximum absolute atomic E-state index is 5.98. The quantitative estimate of drug-likeness (QED) is 0.631. The van der Waals surface area contributed by atoms with E-state index in [1.165, 1.54) is 5.56 Å². The zero-order valence-corrected chi connectivity index (χ0v) is 13.5. The summed E-state index contributed by atoms with van der Waals surface area (Å²) in [6.07, 6.45) is 4.77. The molecule has 1 aromatic rings. The van der Waals surface area contributed by atoms with Gasteiger partial charge in [-0.1, -0.05) is 13.0 Å². The summed E-state index contributed by atoms with van der Waals surface area (Å²) in [6.45, 7) is 5.30. The summed E-state index contributed by atoms with van der Waals surface area (Å²) < 4.78 is 10.3. The van der Waals surface area contributed by atoms with Crippen LogP contribution in [0, 0.1) is 0 Å². The molecule has 1 aromatic heterocycles. The molecule has 0 fully saturated rings. The van der Waals surface area contributed by atoms with Crippen molar-refractivity contribution in [2.45, 2.75) is 32.2 Å². The molecule has 1 rings (SSSR count). The smallest absolute Gasteiger partial charge is 0.128 e. The second kappa shape index (κ2) is 10.5. The Bertz CT molecular complexity index is 370. The molecule has 0 saturated heterocycles. The van der Waals surface area contributed by atoms with Gasteiger partial charge in [0.2, 0.25) is 0 Å². The largest absolute Gasteiger partial charge is 0.385 e. The molecule has 0 aliphatic heterocycles. The molecule has 0 saturated carbocycles.